The molecule has 2 aliphatic rings. The Kier molecular flexibility index (Phi) is 4.60. The summed E-state index contributed by atoms with van der Waals surface area (Å²) in [6, 6.07) is 6.88. The standard InChI is InChI=1S/C19H24FN3O/c20-16-10-8-15(9-11-16)19-21-18(24-22-19)13-23(12-14-6-7-14)17-4-2-1-3-5-17/h8-11,14,17H,1-7,12-13H2. The first-order valence-corrected chi connectivity index (χ1v) is 9.10. The Morgan fingerprint density at radius 2 is 1.79 bits per heavy atom. The molecule has 2 aliphatic carbocycles. The summed E-state index contributed by atoms with van der Waals surface area (Å²) < 4.78 is 18.5. The van der Waals surface area contributed by atoms with E-state index < -0.39 is 0 Å². The molecule has 0 atom stereocenters. The van der Waals surface area contributed by atoms with Gasteiger partial charge in [-0.1, -0.05) is 24.4 Å². The quantitative estimate of drug-likeness (QED) is 0.787. The number of nitrogens with zero attached hydrogens (tertiary/aromatic N) is 3. The maximum atomic E-state index is 13.0. The fourth-order valence-corrected chi connectivity index (χ4v) is 3.63. The molecule has 0 aliphatic heterocycles. The summed E-state index contributed by atoms with van der Waals surface area (Å²) in [5, 5.41) is 4.07. The van der Waals surface area contributed by atoms with Crippen molar-refractivity contribution in [3.05, 3.63) is 36.0 Å². The summed E-state index contributed by atoms with van der Waals surface area (Å²) in [7, 11) is 0. The van der Waals surface area contributed by atoms with Crippen molar-refractivity contribution in [2.45, 2.75) is 57.5 Å². The zero-order chi connectivity index (χ0) is 16.4. The third-order valence-corrected chi connectivity index (χ3v) is 5.19. The van der Waals surface area contributed by atoms with Crippen LogP contribution in [0.5, 0.6) is 0 Å². The van der Waals surface area contributed by atoms with Crippen LogP contribution in [0, 0.1) is 11.7 Å². The first-order chi connectivity index (χ1) is 11.8. The third-order valence-electron chi connectivity index (χ3n) is 5.19. The van der Waals surface area contributed by atoms with Gasteiger partial charge in [-0.15, -0.1) is 0 Å². The predicted octanol–water partition coefficient (Wildman–Crippen LogP) is 4.42. The highest BCUT2D eigenvalue weighted by Crippen LogP contribution is 2.33. The molecule has 0 spiro atoms. The molecule has 2 fully saturated rings. The Morgan fingerprint density at radius 3 is 2.50 bits per heavy atom. The van der Waals surface area contributed by atoms with Crippen molar-refractivity contribution in [1.29, 1.82) is 0 Å². The van der Waals surface area contributed by atoms with Crippen LogP contribution in [0.25, 0.3) is 11.4 Å². The average molecular weight is 329 g/mol. The van der Waals surface area contributed by atoms with Crippen molar-refractivity contribution in [2.24, 2.45) is 5.92 Å². The molecule has 0 bridgehead atoms. The lowest BCUT2D eigenvalue weighted by molar-refractivity contribution is 0.126. The summed E-state index contributed by atoms with van der Waals surface area (Å²) in [6.45, 7) is 1.88. The molecule has 4 nitrogen and oxygen atoms in total. The molecule has 5 heteroatoms. The second-order valence-corrected chi connectivity index (χ2v) is 7.18. The third kappa shape index (κ3) is 3.83. The lowest BCUT2D eigenvalue weighted by atomic mass is 9.94. The monoisotopic (exact) mass is 329 g/mol. The molecule has 2 saturated carbocycles. The Labute approximate surface area is 142 Å². The van der Waals surface area contributed by atoms with E-state index in [1.54, 1.807) is 12.1 Å². The Bertz CT molecular complexity index is 660. The molecule has 0 N–H and O–H groups in total. The van der Waals surface area contributed by atoms with Gasteiger partial charge in [0.2, 0.25) is 11.7 Å². The molecule has 0 amide bonds. The number of hydrogen-bond donors (Lipinski definition) is 0. The molecule has 1 aromatic carbocycles. The van der Waals surface area contributed by atoms with E-state index in [0.29, 0.717) is 17.8 Å². The second-order valence-electron chi connectivity index (χ2n) is 7.18. The zero-order valence-electron chi connectivity index (χ0n) is 14.0. The van der Waals surface area contributed by atoms with Crippen molar-refractivity contribution < 1.29 is 8.91 Å². The van der Waals surface area contributed by atoms with Gasteiger partial charge in [-0.05, 0) is 55.9 Å². The van der Waals surface area contributed by atoms with Crippen LogP contribution < -0.4 is 0 Å². The van der Waals surface area contributed by atoms with Gasteiger partial charge in [-0.25, -0.2) is 4.39 Å². The SMILES string of the molecule is Fc1ccc(-c2noc(CN(CC3CC3)C3CCCCC3)n2)cc1. The largest absolute Gasteiger partial charge is 0.338 e. The predicted molar refractivity (Wildman–Crippen MR) is 89.7 cm³/mol. The lowest BCUT2D eigenvalue weighted by Crippen LogP contribution is -2.37. The Balaban J connectivity index is 1.46. The van der Waals surface area contributed by atoms with Gasteiger partial charge in [0, 0.05) is 18.2 Å². The number of benzene rings is 1. The number of halogens is 1. The van der Waals surface area contributed by atoms with Gasteiger partial charge in [0.15, 0.2) is 0 Å². The maximum Gasteiger partial charge on any atom is 0.241 e. The van der Waals surface area contributed by atoms with Gasteiger partial charge in [-0.2, -0.15) is 4.98 Å². The molecule has 128 valence electrons. The van der Waals surface area contributed by atoms with Crippen molar-refractivity contribution in [2.75, 3.05) is 6.54 Å². The summed E-state index contributed by atoms with van der Waals surface area (Å²) in [4.78, 5) is 7.08. The molecular formula is C19H24FN3O. The van der Waals surface area contributed by atoms with Crippen LogP contribution in [0.4, 0.5) is 4.39 Å². The number of aromatic nitrogens is 2. The number of hydrogen-bond acceptors (Lipinski definition) is 4. The normalized spacial score (nSPS) is 19.1. The second kappa shape index (κ2) is 7.01. The molecule has 0 unspecified atom stereocenters. The molecule has 0 radical (unpaired) electrons. The average Bonchev–Trinajstić information content (AvgIpc) is 3.31. The van der Waals surface area contributed by atoms with Gasteiger partial charge in [0.1, 0.15) is 5.82 Å². The van der Waals surface area contributed by atoms with Crippen LogP contribution in [-0.2, 0) is 6.54 Å². The minimum absolute atomic E-state index is 0.254. The lowest BCUT2D eigenvalue weighted by Gasteiger charge is -2.33. The highest BCUT2D eigenvalue weighted by molar-refractivity contribution is 5.53. The first kappa shape index (κ1) is 15.8. The van der Waals surface area contributed by atoms with Gasteiger partial charge < -0.3 is 4.52 Å². The molecule has 0 saturated heterocycles. The van der Waals surface area contributed by atoms with Crippen LogP contribution in [0.3, 0.4) is 0 Å². The van der Waals surface area contributed by atoms with E-state index in [-0.39, 0.29) is 5.82 Å². The van der Waals surface area contributed by atoms with E-state index in [4.69, 9.17) is 4.52 Å². The fraction of sp³-hybridized carbons (Fsp3) is 0.579. The van der Waals surface area contributed by atoms with Crippen molar-refractivity contribution in [1.82, 2.24) is 15.0 Å². The van der Waals surface area contributed by atoms with E-state index >= 15 is 0 Å². The molecule has 2 aromatic rings. The summed E-state index contributed by atoms with van der Waals surface area (Å²) in [5.74, 6) is 1.81. The topological polar surface area (TPSA) is 42.2 Å². The van der Waals surface area contributed by atoms with Crippen LogP contribution in [0.2, 0.25) is 0 Å². The van der Waals surface area contributed by atoms with E-state index in [2.05, 4.69) is 15.0 Å². The zero-order valence-corrected chi connectivity index (χ0v) is 14.0. The van der Waals surface area contributed by atoms with Gasteiger partial charge in [0.05, 0.1) is 6.54 Å². The van der Waals surface area contributed by atoms with Crippen molar-refractivity contribution >= 4 is 0 Å². The van der Waals surface area contributed by atoms with Crippen LogP contribution in [0.15, 0.2) is 28.8 Å². The van der Waals surface area contributed by atoms with E-state index in [0.717, 1.165) is 24.6 Å². The van der Waals surface area contributed by atoms with E-state index in [1.165, 1.54) is 57.1 Å². The van der Waals surface area contributed by atoms with Crippen LogP contribution >= 0.6 is 0 Å². The highest BCUT2D eigenvalue weighted by atomic mass is 19.1. The first-order valence-electron chi connectivity index (χ1n) is 9.10. The molecule has 1 aromatic heterocycles. The molecule has 24 heavy (non-hydrogen) atoms. The van der Waals surface area contributed by atoms with E-state index in [1.807, 2.05) is 0 Å². The minimum atomic E-state index is -0.254. The maximum absolute atomic E-state index is 13.0. The molecular weight excluding hydrogens is 305 g/mol. The summed E-state index contributed by atoms with van der Waals surface area (Å²) >= 11 is 0. The fourth-order valence-electron chi connectivity index (χ4n) is 3.63. The number of rotatable bonds is 6. The summed E-state index contributed by atoms with van der Waals surface area (Å²) in [6.07, 6.45) is 9.30. The van der Waals surface area contributed by atoms with Gasteiger partial charge in [-0.3, -0.25) is 4.90 Å². The Hall–Kier alpha value is -1.75. The van der Waals surface area contributed by atoms with Gasteiger partial charge in [0.25, 0.3) is 0 Å². The highest BCUT2D eigenvalue weighted by Gasteiger charge is 2.30. The van der Waals surface area contributed by atoms with Crippen molar-refractivity contribution in [3.8, 4) is 11.4 Å². The van der Waals surface area contributed by atoms with Crippen LogP contribution in [0.1, 0.15) is 50.8 Å². The molecule has 4 rings (SSSR count). The van der Waals surface area contributed by atoms with Gasteiger partial charge >= 0.3 is 0 Å². The minimum Gasteiger partial charge on any atom is -0.338 e. The summed E-state index contributed by atoms with van der Waals surface area (Å²) in [5.41, 5.74) is 0.790. The Morgan fingerprint density at radius 1 is 1.04 bits per heavy atom. The van der Waals surface area contributed by atoms with E-state index in [9.17, 15) is 4.39 Å². The van der Waals surface area contributed by atoms with Crippen LogP contribution in [-0.4, -0.2) is 27.6 Å². The van der Waals surface area contributed by atoms with Crippen molar-refractivity contribution in [3.63, 3.8) is 0 Å². The smallest absolute Gasteiger partial charge is 0.241 e. The molecule has 1 heterocycles.